The number of benzene rings is 1. The highest BCUT2D eigenvalue weighted by Crippen LogP contribution is 2.34. The fourth-order valence-corrected chi connectivity index (χ4v) is 2.25. The van der Waals surface area contributed by atoms with E-state index in [0.29, 0.717) is 0 Å². The third-order valence-corrected chi connectivity index (χ3v) is 3.78. The molecular formula is C11H13F4NO3S. The Morgan fingerprint density at radius 1 is 1.25 bits per heavy atom. The summed E-state index contributed by atoms with van der Waals surface area (Å²) in [4.78, 5) is -1.21. The maximum atomic E-state index is 13.0. The van der Waals surface area contributed by atoms with E-state index in [9.17, 15) is 31.1 Å². The zero-order valence-electron chi connectivity index (χ0n) is 10.6. The first-order chi connectivity index (χ1) is 8.84. The fraction of sp³-hybridized carbons (Fsp3) is 0.455. The van der Waals surface area contributed by atoms with E-state index in [1.54, 1.807) is 0 Å². The molecule has 0 radical (unpaired) electrons. The maximum Gasteiger partial charge on any atom is 0.501 e. The number of halogens is 4. The minimum Gasteiger partial charge on any atom is -0.389 e. The third-order valence-electron chi connectivity index (χ3n) is 2.25. The summed E-state index contributed by atoms with van der Waals surface area (Å²) in [5.74, 6) is -1.11. The van der Waals surface area contributed by atoms with Gasteiger partial charge in [-0.05, 0) is 32.0 Å². The van der Waals surface area contributed by atoms with Gasteiger partial charge in [0.05, 0.1) is 11.3 Å². The van der Waals surface area contributed by atoms with Crippen molar-refractivity contribution in [1.82, 2.24) is 0 Å². The largest absolute Gasteiger partial charge is 0.501 e. The summed E-state index contributed by atoms with van der Waals surface area (Å²) in [5.41, 5.74) is -7.24. The molecule has 0 atom stereocenters. The summed E-state index contributed by atoms with van der Waals surface area (Å²) >= 11 is 0. The summed E-state index contributed by atoms with van der Waals surface area (Å²) in [6.07, 6.45) is 0. The zero-order valence-corrected chi connectivity index (χ0v) is 11.4. The van der Waals surface area contributed by atoms with Gasteiger partial charge in [-0.2, -0.15) is 13.2 Å². The molecule has 1 aromatic carbocycles. The predicted molar refractivity (Wildman–Crippen MR) is 64.4 cm³/mol. The average Bonchev–Trinajstić information content (AvgIpc) is 2.24. The van der Waals surface area contributed by atoms with E-state index in [-0.39, 0.29) is 12.6 Å². The van der Waals surface area contributed by atoms with Crippen LogP contribution in [0.3, 0.4) is 0 Å². The highest BCUT2D eigenvalue weighted by atomic mass is 32.2. The first-order valence-corrected chi connectivity index (χ1v) is 6.90. The number of nitrogens with one attached hydrogen (secondary N) is 1. The lowest BCUT2D eigenvalue weighted by Gasteiger charge is -2.20. The van der Waals surface area contributed by atoms with E-state index in [1.807, 2.05) is 0 Å². The number of alkyl halides is 3. The molecule has 2 N–H and O–H groups in total. The first-order valence-electron chi connectivity index (χ1n) is 5.42. The van der Waals surface area contributed by atoms with Gasteiger partial charge in [0, 0.05) is 6.54 Å². The van der Waals surface area contributed by atoms with Crippen molar-refractivity contribution in [3.05, 3.63) is 24.0 Å². The summed E-state index contributed by atoms with van der Waals surface area (Å²) in [6, 6.07) is 1.98. The second-order valence-electron chi connectivity index (χ2n) is 4.76. The van der Waals surface area contributed by atoms with Gasteiger partial charge >= 0.3 is 5.51 Å². The lowest BCUT2D eigenvalue weighted by molar-refractivity contribution is -0.0435. The monoisotopic (exact) mass is 315 g/mol. The fourth-order valence-electron chi connectivity index (χ4n) is 1.30. The van der Waals surface area contributed by atoms with E-state index in [1.165, 1.54) is 13.8 Å². The molecule has 0 saturated heterocycles. The van der Waals surface area contributed by atoms with Gasteiger partial charge in [0.1, 0.15) is 10.7 Å². The average molecular weight is 315 g/mol. The van der Waals surface area contributed by atoms with Crippen molar-refractivity contribution in [2.45, 2.75) is 29.9 Å². The molecule has 0 saturated carbocycles. The van der Waals surface area contributed by atoms with Gasteiger partial charge in [0.2, 0.25) is 0 Å². The van der Waals surface area contributed by atoms with Crippen LogP contribution in [0.15, 0.2) is 23.1 Å². The van der Waals surface area contributed by atoms with Crippen molar-refractivity contribution in [2.24, 2.45) is 0 Å². The van der Waals surface area contributed by atoms with Crippen molar-refractivity contribution in [1.29, 1.82) is 0 Å². The van der Waals surface area contributed by atoms with Gasteiger partial charge in [0.15, 0.2) is 0 Å². The van der Waals surface area contributed by atoms with Crippen LogP contribution < -0.4 is 5.32 Å². The number of sulfone groups is 1. The SMILES string of the molecule is CC(C)(O)CNc1ccc(F)cc1S(=O)(=O)C(F)(F)F. The predicted octanol–water partition coefficient (Wildman–Crippen LogP) is 2.30. The molecule has 0 aliphatic carbocycles. The van der Waals surface area contributed by atoms with E-state index in [2.05, 4.69) is 5.32 Å². The lowest BCUT2D eigenvalue weighted by atomic mass is 10.1. The molecule has 0 heterocycles. The van der Waals surface area contributed by atoms with Crippen LogP contribution in [0.2, 0.25) is 0 Å². The van der Waals surface area contributed by atoms with Gasteiger partial charge in [-0.1, -0.05) is 0 Å². The number of hydrogen-bond acceptors (Lipinski definition) is 4. The molecule has 1 aromatic rings. The van der Waals surface area contributed by atoms with Gasteiger partial charge in [0.25, 0.3) is 9.84 Å². The Bertz CT molecular complexity index is 591. The zero-order chi connectivity index (χ0) is 15.8. The first kappa shape index (κ1) is 16.7. The topological polar surface area (TPSA) is 66.4 Å². The summed E-state index contributed by atoms with van der Waals surface area (Å²) < 4.78 is 73.3. The van der Waals surface area contributed by atoms with E-state index >= 15 is 0 Å². The van der Waals surface area contributed by atoms with Crippen molar-refractivity contribution in [2.75, 3.05) is 11.9 Å². The quantitative estimate of drug-likeness (QED) is 0.837. The summed E-state index contributed by atoms with van der Waals surface area (Å²) in [6.45, 7) is 2.54. The van der Waals surface area contributed by atoms with Crippen LogP contribution in [0.5, 0.6) is 0 Å². The van der Waals surface area contributed by atoms with Crippen LogP contribution in [0.25, 0.3) is 0 Å². The lowest BCUT2D eigenvalue weighted by Crippen LogP contribution is -2.30. The molecule has 0 amide bonds. The molecule has 0 spiro atoms. The molecule has 0 aromatic heterocycles. The Morgan fingerprint density at radius 3 is 2.25 bits per heavy atom. The van der Waals surface area contributed by atoms with Crippen molar-refractivity contribution < 1.29 is 31.1 Å². The molecule has 20 heavy (non-hydrogen) atoms. The highest BCUT2D eigenvalue weighted by Gasteiger charge is 2.48. The molecule has 9 heteroatoms. The molecule has 0 fully saturated rings. The maximum absolute atomic E-state index is 13.0. The number of aliphatic hydroxyl groups is 1. The molecule has 4 nitrogen and oxygen atoms in total. The minimum atomic E-state index is -5.68. The Hall–Kier alpha value is -1.35. The molecular weight excluding hydrogens is 302 g/mol. The van der Waals surface area contributed by atoms with Crippen LogP contribution in [0, 0.1) is 5.82 Å². The Balaban J connectivity index is 3.29. The van der Waals surface area contributed by atoms with Gasteiger partial charge < -0.3 is 10.4 Å². The minimum absolute atomic E-state index is 0.209. The normalized spacial score (nSPS) is 13.3. The summed E-state index contributed by atoms with van der Waals surface area (Å²) in [5, 5.41) is 11.8. The Labute approximate surface area is 113 Å². The van der Waals surface area contributed by atoms with Crippen LogP contribution in [-0.4, -0.2) is 31.2 Å². The van der Waals surface area contributed by atoms with E-state index in [4.69, 9.17) is 0 Å². The number of anilines is 1. The van der Waals surface area contributed by atoms with Crippen LogP contribution in [0.4, 0.5) is 23.2 Å². The Morgan fingerprint density at radius 2 is 1.80 bits per heavy atom. The highest BCUT2D eigenvalue weighted by molar-refractivity contribution is 7.92. The van der Waals surface area contributed by atoms with E-state index in [0.717, 1.165) is 12.1 Å². The van der Waals surface area contributed by atoms with Gasteiger partial charge in [-0.3, -0.25) is 0 Å². The van der Waals surface area contributed by atoms with Crippen LogP contribution >= 0.6 is 0 Å². The molecule has 114 valence electrons. The van der Waals surface area contributed by atoms with Crippen LogP contribution in [0.1, 0.15) is 13.8 Å². The van der Waals surface area contributed by atoms with Crippen LogP contribution in [-0.2, 0) is 9.84 Å². The second-order valence-corrected chi connectivity index (χ2v) is 6.67. The smallest absolute Gasteiger partial charge is 0.389 e. The van der Waals surface area contributed by atoms with Crippen molar-refractivity contribution in [3.63, 3.8) is 0 Å². The summed E-state index contributed by atoms with van der Waals surface area (Å²) in [7, 11) is -5.68. The molecule has 0 bridgehead atoms. The van der Waals surface area contributed by atoms with Gasteiger partial charge in [-0.15, -0.1) is 0 Å². The van der Waals surface area contributed by atoms with Gasteiger partial charge in [-0.25, -0.2) is 12.8 Å². The van der Waals surface area contributed by atoms with Crippen molar-refractivity contribution >= 4 is 15.5 Å². The van der Waals surface area contributed by atoms with E-state index < -0.39 is 37.3 Å². The van der Waals surface area contributed by atoms with Crippen molar-refractivity contribution in [3.8, 4) is 0 Å². The number of rotatable bonds is 4. The second kappa shape index (κ2) is 5.21. The third kappa shape index (κ3) is 3.83. The molecule has 0 aliphatic heterocycles. The molecule has 0 unspecified atom stereocenters. The Kier molecular flexibility index (Phi) is 4.35. The molecule has 1 rings (SSSR count). The standard InChI is InChI=1S/C11H13F4NO3S/c1-10(2,17)6-16-8-4-3-7(12)5-9(8)20(18,19)11(13,14)15/h3-5,16-17H,6H2,1-2H3. The molecule has 0 aliphatic rings. The number of hydrogen-bond donors (Lipinski definition) is 2.